The highest BCUT2D eigenvalue weighted by Crippen LogP contribution is 2.21. The van der Waals surface area contributed by atoms with Crippen molar-refractivity contribution in [2.75, 3.05) is 20.8 Å². The van der Waals surface area contributed by atoms with Crippen molar-refractivity contribution in [3.8, 4) is 17.0 Å². The van der Waals surface area contributed by atoms with Crippen LogP contribution in [0.1, 0.15) is 22.1 Å². The smallest absolute Gasteiger partial charge is 0.251 e. The van der Waals surface area contributed by atoms with Crippen molar-refractivity contribution in [3.05, 3.63) is 59.9 Å². The Labute approximate surface area is 156 Å². The van der Waals surface area contributed by atoms with E-state index >= 15 is 0 Å². The summed E-state index contributed by atoms with van der Waals surface area (Å²) in [5.74, 6) is 1.21. The van der Waals surface area contributed by atoms with Gasteiger partial charge in [0.1, 0.15) is 0 Å². The van der Waals surface area contributed by atoms with Gasteiger partial charge in [-0.1, -0.05) is 17.3 Å². The SMILES string of the molecule is COCCc1noc(CNC(=O)c2cccc(-c3ccc(OC)nc3)c2)n1. The van der Waals surface area contributed by atoms with Crippen LogP contribution in [0.2, 0.25) is 0 Å². The van der Waals surface area contributed by atoms with Gasteiger partial charge in [0.2, 0.25) is 11.8 Å². The van der Waals surface area contributed by atoms with Crippen LogP contribution in [0.25, 0.3) is 11.1 Å². The molecule has 27 heavy (non-hydrogen) atoms. The number of carbonyl (C=O) groups is 1. The van der Waals surface area contributed by atoms with E-state index in [1.54, 1.807) is 38.6 Å². The van der Waals surface area contributed by atoms with E-state index in [4.69, 9.17) is 14.0 Å². The first-order chi connectivity index (χ1) is 13.2. The molecule has 0 spiro atoms. The molecule has 8 heteroatoms. The highest BCUT2D eigenvalue weighted by Gasteiger charge is 2.11. The third kappa shape index (κ3) is 4.89. The fourth-order valence-electron chi connectivity index (χ4n) is 2.43. The first kappa shape index (κ1) is 18.5. The molecule has 0 atom stereocenters. The van der Waals surface area contributed by atoms with Crippen LogP contribution < -0.4 is 10.1 Å². The summed E-state index contributed by atoms with van der Waals surface area (Å²) in [7, 11) is 3.17. The van der Waals surface area contributed by atoms with Crippen molar-refractivity contribution >= 4 is 5.91 Å². The molecular formula is C19H20N4O4. The number of pyridine rings is 1. The number of aromatic nitrogens is 3. The van der Waals surface area contributed by atoms with E-state index in [1.165, 1.54) is 0 Å². The van der Waals surface area contributed by atoms with Crippen LogP contribution in [0.4, 0.5) is 0 Å². The molecule has 0 bridgehead atoms. The van der Waals surface area contributed by atoms with E-state index in [9.17, 15) is 4.79 Å². The van der Waals surface area contributed by atoms with Gasteiger partial charge in [0.15, 0.2) is 5.82 Å². The maximum atomic E-state index is 12.4. The lowest BCUT2D eigenvalue weighted by Crippen LogP contribution is -2.23. The van der Waals surface area contributed by atoms with Crippen molar-refractivity contribution in [1.29, 1.82) is 0 Å². The number of carbonyl (C=O) groups excluding carboxylic acids is 1. The maximum Gasteiger partial charge on any atom is 0.251 e. The molecule has 0 radical (unpaired) electrons. The molecule has 1 amide bonds. The fourth-order valence-corrected chi connectivity index (χ4v) is 2.43. The molecule has 3 aromatic rings. The van der Waals surface area contributed by atoms with Crippen molar-refractivity contribution in [2.24, 2.45) is 0 Å². The highest BCUT2D eigenvalue weighted by atomic mass is 16.5. The fraction of sp³-hybridized carbons (Fsp3) is 0.263. The summed E-state index contributed by atoms with van der Waals surface area (Å²) in [5.41, 5.74) is 2.31. The molecule has 0 aliphatic carbocycles. The highest BCUT2D eigenvalue weighted by molar-refractivity contribution is 5.95. The van der Waals surface area contributed by atoms with E-state index in [2.05, 4.69) is 20.4 Å². The Kier molecular flexibility index (Phi) is 6.11. The molecule has 8 nitrogen and oxygen atoms in total. The topological polar surface area (TPSA) is 99.4 Å². The lowest BCUT2D eigenvalue weighted by Gasteiger charge is -2.06. The van der Waals surface area contributed by atoms with Gasteiger partial charge in [-0.3, -0.25) is 4.79 Å². The maximum absolute atomic E-state index is 12.4. The Hall–Kier alpha value is -3.26. The summed E-state index contributed by atoms with van der Waals surface area (Å²) in [6.07, 6.45) is 2.27. The molecule has 0 saturated heterocycles. The number of nitrogens with zero attached hydrogens (tertiary/aromatic N) is 3. The van der Waals surface area contributed by atoms with Crippen LogP contribution in [0, 0.1) is 0 Å². The zero-order valence-corrected chi connectivity index (χ0v) is 15.1. The summed E-state index contributed by atoms with van der Waals surface area (Å²) in [5, 5.41) is 6.62. The molecule has 0 unspecified atom stereocenters. The number of methoxy groups -OCH3 is 2. The molecule has 140 valence electrons. The third-order valence-corrected chi connectivity index (χ3v) is 3.84. The summed E-state index contributed by atoms with van der Waals surface area (Å²) in [4.78, 5) is 20.8. The molecular weight excluding hydrogens is 348 g/mol. The summed E-state index contributed by atoms with van der Waals surface area (Å²) in [6, 6.07) is 11.0. The first-order valence-electron chi connectivity index (χ1n) is 8.38. The molecule has 0 saturated carbocycles. The molecule has 0 aliphatic heterocycles. The second-order valence-corrected chi connectivity index (χ2v) is 5.70. The third-order valence-electron chi connectivity index (χ3n) is 3.84. The second-order valence-electron chi connectivity index (χ2n) is 5.70. The van der Waals surface area contributed by atoms with Gasteiger partial charge >= 0.3 is 0 Å². The number of ether oxygens (including phenoxy) is 2. The predicted molar refractivity (Wildman–Crippen MR) is 97.3 cm³/mol. The minimum absolute atomic E-state index is 0.160. The monoisotopic (exact) mass is 368 g/mol. The Morgan fingerprint density at radius 3 is 2.81 bits per heavy atom. The normalized spacial score (nSPS) is 10.6. The lowest BCUT2D eigenvalue weighted by atomic mass is 10.0. The second kappa shape index (κ2) is 8.91. The van der Waals surface area contributed by atoms with Crippen molar-refractivity contribution in [1.82, 2.24) is 20.4 Å². The van der Waals surface area contributed by atoms with Crippen LogP contribution in [0.5, 0.6) is 5.88 Å². The molecule has 0 aliphatic rings. The number of hydrogen-bond donors (Lipinski definition) is 1. The standard InChI is InChI=1S/C19H20N4O4/c1-25-9-8-16-22-18(27-23-16)12-21-19(24)14-5-3-4-13(10-14)15-6-7-17(26-2)20-11-15/h3-7,10-11H,8-9,12H2,1-2H3,(H,21,24). The van der Waals surface area contributed by atoms with Gasteiger partial charge in [0.25, 0.3) is 5.91 Å². The van der Waals surface area contributed by atoms with Crippen LogP contribution in [0.15, 0.2) is 47.1 Å². The lowest BCUT2D eigenvalue weighted by molar-refractivity contribution is 0.0946. The minimum atomic E-state index is -0.227. The minimum Gasteiger partial charge on any atom is -0.481 e. The molecule has 3 rings (SSSR count). The van der Waals surface area contributed by atoms with Crippen LogP contribution in [0.3, 0.4) is 0 Å². The number of amides is 1. The van der Waals surface area contributed by atoms with Gasteiger partial charge in [0.05, 0.1) is 20.3 Å². The number of benzene rings is 1. The quantitative estimate of drug-likeness (QED) is 0.651. The number of nitrogens with one attached hydrogen (secondary N) is 1. The van der Waals surface area contributed by atoms with Crippen LogP contribution in [-0.2, 0) is 17.7 Å². The number of hydrogen-bond acceptors (Lipinski definition) is 7. The van der Waals surface area contributed by atoms with E-state index in [-0.39, 0.29) is 12.5 Å². The average molecular weight is 368 g/mol. The van der Waals surface area contributed by atoms with E-state index in [1.807, 2.05) is 18.2 Å². The van der Waals surface area contributed by atoms with Gasteiger partial charge in [-0.05, 0) is 23.8 Å². The largest absolute Gasteiger partial charge is 0.481 e. The molecule has 0 fully saturated rings. The molecule has 1 N–H and O–H groups in total. The van der Waals surface area contributed by atoms with E-state index < -0.39 is 0 Å². The van der Waals surface area contributed by atoms with Gasteiger partial charge in [0, 0.05) is 36.9 Å². The Morgan fingerprint density at radius 1 is 1.19 bits per heavy atom. The van der Waals surface area contributed by atoms with Gasteiger partial charge in [-0.2, -0.15) is 4.98 Å². The molecule has 2 aromatic heterocycles. The predicted octanol–water partition coefficient (Wildman–Crippen LogP) is 2.26. The van der Waals surface area contributed by atoms with Crippen LogP contribution in [-0.4, -0.2) is 41.9 Å². The average Bonchev–Trinajstić information content (AvgIpc) is 3.18. The van der Waals surface area contributed by atoms with Gasteiger partial charge in [-0.25, -0.2) is 4.98 Å². The Morgan fingerprint density at radius 2 is 2.07 bits per heavy atom. The zero-order valence-electron chi connectivity index (χ0n) is 15.1. The van der Waals surface area contributed by atoms with Crippen molar-refractivity contribution in [2.45, 2.75) is 13.0 Å². The summed E-state index contributed by atoms with van der Waals surface area (Å²) < 4.78 is 15.1. The van der Waals surface area contributed by atoms with Crippen molar-refractivity contribution in [3.63, 3.8) is 0 Å². The zero-order chi connectivity index (χ0) is 19.1. The van der Waals surface area contributed by atoms with Crippen LogP contribution >= 0.6 is 0 Å². The van der Waals surface area contributed by atoms with E-state index in [0.29, 0.717) is 36.2 Å². The van der Waals surface area contributed by atoms with Crippen molar-refractivity contribution < 1.29 is 18.8 Å². The summed E-state index contributed by atoms with van der Waals surface area (Å²) in [6.45, 7) is 0.672. The number of rotatable bonds is 8. The van der Waals surface area contributed by atoms with Gasteiger partial charge < -0.3 is 19.3 Å². The van der Waals surface area contributed by atoms with E-state index in [0.717, 1.165) is 11.1 Å². The molecule has 2 heterocycles. The Bertz CT molecular complexity index is 893. The van der Waals surface area contributed by atoms with Gasteiger partial charge in [-0.15, -0.1) is 0 Å². The Balaban J connectivity index is 1.63. The first-order valence-corrected chi connectivity index (χ1v) is 8.38. The molecule has 1 aromatic carbocycles. The summed E-state index contributed by atoms with van der Waals surface area (Å²) >= 11 is 0.